The lowest BCUT2D eigenvalue weighted by Crippen LogP contribution is -2.33. The highest BCUT2D eigenvalue weighted by Gasteiger charge is 2.04. The van der Waals surface area contributed by atoms with Gasteiger partial charge in [0.2, 0.25) is 6.07 Å². The Labute approximate surface area is 45.3 Å². The van der Waals surface area contributed by atoms with Crippen LogP contribution in [0.25, 0.3) is 0 Å². The molecule has 0 saturated carbocycles. The molecule has 0 rings (SSSR count). The molecule has 0 heterocycles. The fraction of sp³-hybridized carbons (Fsp3) is 1.00. The summed E-state index contributed by atoms with van der Waals surface area (Å²) in [5.74, 6) is 0. The minimum atomic E-state index is -3.04. The lowest BCUT2D eigenvalue weighted by atomic mass is 11.7. The van der Waals surface area contributed by atoms with Gasteiger partial charge in [-0.1, -0.05) is 11.6 Å². The Morgan fingerprint density at radius 1 is 1.67 bits per heavy atom. The predicted octanol–water partition coefficient (Wildman–Crippen LogP) is -1.71. The Bertz CT molecular complexity index is 32.0. The van der Waals surface area contributed by atoms with Crippen LogP contribution < -0.4 is 8.40 Å². The van der Waals surface area contributed by atoms with Crippen molar-refractivity contribution in [1.29, 1.82) is 0 Å². The Kier molecular flexibility index (Phi) is 4.24. The molecule has 0 aromatic heterocycles. The molecule has 38 valence electrons. The first-order valence-electron chi connectivity index (χ1n) is 1.02. The molecule has 0 saturated heterocycles. The van der Waals surface area contributed by atoms with Crippen molar-refractivity contribution in [3.63, 3.8) is 0 Å². The van der Waals surface area contributed by atoms with Gasteiger partial charge >= 0.3 is 14.8 Å². The minimum absolute atomic E-state index is 0.275. The van der Waals surface area contributed by atoms with Crippen LogP contribution in [-0.4, -0.2) is 6.07 Å². The van der Waals surface area contributed by atoms with Crippen molar-refractivity contribution in [2.24, 2.45) is 0 Å². The van der Waals surface area contributed by atoms with Crippen molar-refractivity contribution in [3.8, 4) is 0 Å². The van der Waals surface area contributed by atoms with Crippen LogP contribution in [0.5, 0.6) is 0 Å². The molecular formula is CH2BrClO3. The first kappa shape index (κ1) is 6.65. The smallest absolute Gasteiger partial charge is 0.372 e. The first-order valence-corrected chi connectivity index (χ1v) is 3.50. The van der Waals surface area contributed by atoms with Crippen molar-refractivity contribution in [2.45, 2.75) is 0 Å². The molecule has 0 aliphatic rings. The summed E-state index contributed by atoms with van der Waals surface area (Å²) in [5, 5.41) is 0. The molecule has 0 aliphatic carbocycles. The summed E-state index contributed by atoms with van der Waals surface area (Å²) in [6.45, 7) is 0. The molecule has 0 aromatic rings. The van der Waals surface area contributed by atoms with Gasteiger partial charge in [0, 0.05) is 3.83 Å². The second kappa shape index (κ2) is 3.83. The predicted molar refractivity (Wildman–Crippen MR) is 11.8 cm³/mol. The molecule has 0 amide bonds. The Hall–Kier alpha value is 0.650. The van der Waals surface area contributed by atoms with Gasteiger partial charge in [-0.05, 0) is 0 Å². The van der Waals surface area contributed by atoms with E-state index < -0.39 is 14.8 Å². The highest BCUT2D eigenvalue weighted by Crippen LogP contribution is 1.78. The van der Waals surface area contributed by atoms with Gasteiger partial charge < -0.3 is 8.40 Å². The second-order valence-electron chi connectivity index (χ2n) is 0.407. The van der Waals surface area contributed by atoms with E-state index in [0.717, 1.165) is 0 Å². The van der Waals surface area contributed by atoms with E-state index in [-0.39, 0.29) is 6.07 Å². The van der Waals surface area contributed by atoms with E-state index in [1.165, 1.54) is 0 Å². The largest absolute Gasteiger partial charge is 0.437 e. The zero-order valence-corrected chi connectivity index (χ0v) is 5.03. The van der Waals surface area contributed by atoms with Crippen molar-refractivity contribution < 1.29 is 27.0 Å². The van der Waals surface area contributed by atoms with E-state index in [0.29, 0.717) is 0 Å². The summed E-state index contributed by atoms with van der Waals surface area (Å²) in [7, 11) is 0. The standard InChI is InChI=1S/CH2BrClO3/c3-1-6-2(4)5/h1H2. The molecule has 5 heteroatoms. The van der Waals surface area contributed by atoms with Crippen LogP contribution >= 0.6 is 11.6 Å². The van der Waals surface area contributed by atoms with Crippen LogP contribution in [0.3, 0.4) is 0 Å². The van der Waals surface area contributed by atoms with E-state index in [1.54, 1.807) is 0 Å². The van der Waals surface area contributed by atoms with E-state index in [4.69, 9.17) is 11.6 Å². The Morgan fingerprint density at radius 3 is 2.17 bits per heavy atom. The summed E-state index contributed by atoms with van der Waals surface area (Å²) in [6.07, 6.45) is 0. The molecule has 0 atom stereocenters. The first-order chi connectivity index (χ1) is 2.77. The molecular weight excluding hydrogens is 175 g/mol. The average molecular weight is 177 g/mol. The van der Waals surface area contributed by atoms with E-state index in [1.807, 2.05) is 0 Å². The van der Waals surface area contributed by atoms with Crippen molar-refractivity contribution in [1.82, 2.24) is 0 Å². The number of hydrogen-bond donors (Lipinski definition) is 0. The molecule has 0 bridgehead atoms. The van der Waals surface area contributed by atoms with Crippen molar-refractivity contribution >= 4 is 11.6 Å². The fourth-order valence-electron chi connectivity index (χ4n) is 0.0337. The Balaban J connectivity index is 2.63. The lowest BCUT2D eigenvalue weighted by molar-refractivity contribution is -1.63. The summed E-state index contributed by atoms with van der Waals surface area (Å²) >= 11 is 1.77. The van der Waals surface area contributed by atoms with Gasteiger partial charge in [-0.3, -0.25) is 0 Å². The van der Waals surface area contributed by atoms with E-state index in [2.05, 4.69) is 3.83 Å². The molecule has 3 nitrogen and oxygen atoms in total. The monoisotopic (exact) mass is 176 g/mol. The van der Waals surface area contributed by atoms with Crippen LogP contribution in [0.15, 0.2) is 0 Å². The van der Waals surface area contributed by atoms with Crippen LogP contribution in [0, 0.1) is 14.8 Å². The maximum atomic E-state index is 9.37. The normalized spacial score (nSPS) is 10.0. The second-order valence-corrected chi connectivity index (χ2v) is 1.88. The number of alkyl halides is 1. The summed E-state index contributed by atoms with van der Waals surface area (Å²) in [6, 6.07) is -0.275. The zero-order chi connectivity index (χ0) is 4.99. The molecule has 6 heavy (non-hydrogen) atoms. The Morgan fingerprint density at radius 2 is 2.17 bits per heavy atom. The van der Waals surface area contributed by atoms with Gasteiger partial charge in [-0.15, -0.1) is 0 Å². The van der Waals surface area contributed by atoms with Gasteiger partial charge in [0.25, 0.3) is 0 Å². The van der Waals surface area contributed by atoms with Crippen LogP contribution in [0.1, 0.15) is 0 Å². The third-order valence-corrected chi connectivity index (χ3v) is 1.11. The van der Waals surface area contributed by atoms with Gasteiger partial charge in [-0.2, -0.15) is 0 Å². The third-order valence-electron chi connectivity index (χ3n) is 0.130. The molecule has 0 radical (unpaired) electrons. The van der Waals surface area contributed by atoms with Gasteiger partial charge in [0.15, 0.2) is 0 Å². The van der Waals surface area contributed by atoms with E-state index >= 15 is 0 Å². The zero-order valence-electron chi connectivity index (χ0n) is 2.69. The SMILES string of the molecule is [O-][Br+2]([O-])OCCl. The van der Waals surface area contributed by atoms with E-state index in [9.17, 15) is 8.40 Å². The van der Waals surface area contributed by atoms with Gasteiger partial charge in [0.05, 0.1) is 0 Å². The van der Waals surface area contributed by atoms with Crippen molar-refractivity contribution in [2.75, 3.05) is 6.07 Å². The quantitative estimate of drug-likeness (QED) is 0.472. The van der Waals surface area contributed by atoms with Crippen LogP contribution in [0.4, 0.5) is 0 Å². The molecule has 0 N–H and O–H groups in total. The highest BCUT2D eigenvalue weighted by molar-refractivity contribution is 6.16. The highest BCUT2D eigenvalue weighted by atomic mass is 80.0. The van der Waals surface area contributed by atoms with Crippen LogP contribution in [-0.2, 0) is 3.83 Å². The molecule has 0 aliphatic heterocycles. The van der Waals surface area contributed by atoms with Gasteiger partial charge in [-0.25, -0.2) is 0 Å². The number of halogens is 2. The number of rotatable bonds is 2. The third kappa shape index (κ3) is 4.65. The molecule has 0 fully saturated rings. The lowest BCUT2D eigenvalue weighted by Gasteiger charge is -1.82. The summed E-state index contributed by atoms with van der Waals surface area (Å²) < 4.78 is 22.5. The topological polar surface area (TPSA) is 55.3 Å². The maximum Gasteiger partial charge on any atom is 0.437 e. The summed E-state index contributed by atoms with van der Waals surface area (Å²) in [5.41, 5.74) is 0. The van der Waals surface area contributed by atoms with Gasteiger partial charge in [0.1, 0.15) is 0 Å². The van der Waals surface area contributed by atoms with Crippen LogP contribution in [0.2, 0.25) is 0 Å². The average Bonchev–Trinajstić information content (AvgIpc) is 1.35. The maximum absolute atomic E-state index is 9.37. The molecule has 0 aromatic carbocycles. The number of hydrogen-bond acceptors (Lipinski definition) is 3. The minimum Gasteiger partial charge on any atom is -0.372 e. The molecule has 0 spiro atoms. The van der Waals surface area contributed by atoms with Crippen molar-refractivity contribution in [3.05, 3.63) is 0 Å². The summed E-state index contributed by atoms with van der Waals surface area (Å²) in [4.78, 5) is 0. The fourth-order valence-corrected chi connectivity index (χ4v) is 0.525. The molecule has 0 unspecified atom stereocenters.